The standard InChI is InChI=1S/C20H26N2O5/c1-2-27-20(26)14-6-8-16(9-7-14)22-18(24)13-17(19(22)25)21-11-4-3-5-15(21)10-12-23/h6-9,15,17,23H,2-5,10-13H2,1H3/t15-,17+/m0/s1. The molecule has 27 heavy (non-hydrogen) atoms. The van der Waals surface area contributed by atoms with Crippen molar-refractivity contribution in [2.75, 3.05) is 24.7 Å². The van der Waals surface area contributed by atoms with Crippen LogP contribution in [0.15, 0.2) is 24.3 Å². The number of hydrogen-bond donors (Lipinski definition) is 1. The molecule has 1 aromatic rings. The second-order valence-corrected chi connectivity index (χ2v) is 6.95. The number of benzene rings is 1. The summed E-state index contributed by atoms with van der Waals surface area (Å²) in [6.45, 7) is 2.87. The average molecular weight is 374 g/mol. The number of piperidine rings is 1. The third-order valence-corrected chi connectivity index (χ3v) is 5.29. The number of carbonyl (C=O) groups is 3. The molecule has 1 aromatic carbocycles. The van der Waals surface area contributed by atoms with E-state index in [4.69, 9.17) is 4.74 Å². The summed E-state index contributed by atoms with van der Waals surface area (Å²) in [4.78, 5) is 40.6. The maximum absolute atomic E-state index is 13.0. The number of esters is 1. The third-order valence-electron chi connectivity index (χ3n) is 5.29. The van der Waals surface area contributed by atoms with Crippen LogP contribution >= 0.6 is 0 Å². The van der Waals surface area contributed by atoms with E-state index in [9.17, 15) is 19.5 Å². The quantitative estimate of drug-likeness (QED) is 0.603. The Morgan fingerprint density at radius 2 is 1.96 bits per heavy atom. The van der Waals surface area contributed by atoms with Crippen LogP contribution in [0.1, 0.15) is 49.4 Å². The van der Waals surface area contributed by atoms with Crippen molar-refractivity contribution in [3.63, 3.8) is 0 Å². The van der Waals surface area contributed by atoms with Gasteiger partial charge in [-0.3, -0.25) is 14.5 Å². The molecule has 2 amide bonds. The normalized spacial score (nSPS) is 23.7. The zero-order chi connectivity index (χ0) is 19.4. The molecule has 0 radical (unpaired) electrons. The molecule has 146 valence electrons. The van der Waals surface area contributed by atoms with Gasteiger partial charge in [0.2, 0.25) is 5.91 Å². The molecule has 2 atom stereocenters. The van der Waals surface area contributed by atoms with Crippen LogP contribution < -0.4 is 4.90 Å². The van der Waals surface area contributed by atoms with Crippen molar-refractivity contribution >= 4 is 23.5 Å². The Hall–Kier alpha value is -2.25. The van der Waals surface area contributed by atoms with E-state index in [-0.39, 0.29) is 37.5 Å². The molecule has 3 rings (SSSR count). The lowest BCUT2D eigenvalue weighted by Crippen LogP contribution is -2.50. The van der Waals surface area contributed by atoms with Gasteiger partial charge >= 0.3 is 5.97 Å². The van der Waals surface area contributed by atoms with Crippen molar-refractivity contribution in [3.05, 3.63) is 29.8 Å². The fourth-order valence-corrected chi connectivity index (χ4v) is 4.00. The molecule has 7 nitrogen and oxygen atoms in total. The molecule has 0 spiro atoms. The first-order chi connectivity index (χ1) is 13.1. The fourth-order valence-electron chi connectivity index (χ4n) is 4.00. The number of rotatable bonds is 6. The van der Waals surface area contributed by atoms with E-state index in [1.807, 2.05) is 0 Å². The summed E-state index contributed by atoms with van der Waals surface area (Å²) in [5.74, 6) is -0.892. The highest BCUT2D eigenvalue weighted by Crippen LogP contribution is 2.30. The Bertz CT molecular complexity index is 701. The van der Waals surface area contributed by atoms with Crippen LogP contribution in [0.3, 0.4) is 0 Å². The molecule has 2 aliphatic heterocycles. The van der Waals surface area contributed by atoms with Crippen LogP contribution in [0.5, 0.6) is 0 Å². The number of imide groups is 1. The Morgan fingerprint density at radius 3 is 2.63 bits per heavy atom. The van der Waals surface area contributed by atoms with Crippen LogP contribution in [0.4, 0.5) is 5.69 Å². The van der Waals surface area contributed by atoms with Gasteiger partial charge in [0.15, 0.2) is 0 Å². The minimum absolute atomic E-state index is 0.0784. The van der Waals surface area contributed by atoms with E-state index in [2.05, 4.69) is 4.90 Å². The van der Waals surface area contributed by atoms with E-state index < -0.39 is 12.0 Å². The molecule has 0 bridgehead atoms. The van der Waals surface area contributed by atoms with E-state index in [1.165, 1.54) is 4.90 Å². The minimum Gasteiger partial charge on any atom is -0.462 e. The molecule has 2 saturated heterocycles. The number of aliphatic hydroxyl groups excluding tert-OH is 1. The maximum atomic E-state index is 13.0. The van der Waals surface area contributed by atoms with E-state index in [0.29, 0.717) is 17.7 Å². The molecule has 1 N–H and O–H groups in total. The van der Waals surface area contributed by atoms with E-state index >= 15 is 0 Å². The van der Waals surface area contributed by atoms with Gasteiger partial charge in [-0.05, 0) is 57.0 Å². The first kappa shape index (κ1) is 19.5. The summed E-state index contributed by atoms with van der Waals surface area (Å²) >= 11 is 0. The van der Waals surface area contributed by atoms with Gasteiger partial charge in [0.25, 0.3) is 5.91 Å². The molecule has 2 aliphatic rings. The first-order valence-corrected chi connectivity index (χ1v) is 9.57. The van der Waals surface area contributed by atoms with Crippen LogP contribution in [-0.4, -0.2) is 59.6 Å². The monoisotopic (exact) mass is 374 g/mol. The summed E-state index contributed by atoms with van der Waals surface area (Å²) in [6.07, 6.45) is 3.78. The first-order valence-electron chi connectivity index (χ1n) is 9.57. The van der Waals surface area contributed by atoms with Crippen LogP contribution in [-0.2, 0) is 14.3 Å². The van der Waals surface area contributed by atoms with Gasteiger partial charge in [0.05, 0.1) is 30.3 Å². The molecular formula is C20H26N2O5. The highest BCUT2D eigenvalue weighted by molar-refractivity contribution is 6.22. The van der Waals surface area contributed by atoms with Crippen LogP contribution in [0, 0.1) is 0 Å². The summed E-state index contributed by atoms with van der Waals surface area (Å²) in [5, 5.41) is 9.31. The summed E-state index contributed by atoms with van der Waals surface area (Å²) in [6, 6.07) is 6.00. The van der Waals surface area contributed by atoms with Gasteiger partial charge < -0.3 is 9.84 Å². The van der Waals surface area contributed by atoms with Gasteiger partial charge in [-0.15, -0.1) is 0 Å². The highest BCUT2D eigenvalue weighted by Gasteiger charge is 2.44. The fraction of sp³-hybridized carbons (Fsp3) is 0.550. The van der Waals surface area contributed by atoms with E-state index in [0.717, 1.165) is 25.8 Å². The lowest BCUT2D eigenvalue weighted by Gasteiger charge is -2.38. The smallest absolute Gasteiger partial charge is 0.338 e. The van der Waals surface area contributed by atoms with Gasteiger partial charge in [-0.1, -0.05) is 6.42 Å². The third kappa shape index (κ3) is 4.04. The van der Waals surface area contributed by atoms with Crippen molar-refractivity contribution in [3.8, 4) is 0 Å². The lowest BCUT2D eigenvalue weighted by atomic mass is 9.97. The number of nitrogens with zero attached hydrogens (tertiary/aromatic N) is 2. The SMILES string of the molecule is CCOC(=O)c1ccc(N2C(=O)C[C@@H](N3CCCC[C@H]3CCO)C2=O)cc1. The molecule has 7 heteroatoms. The number of ether oxygens (including phenoxy) is 1. The molecule has 2 heterocycles. The number of carbonyl (C=O) groups excluding carboxylic acids is 3. The highest BCUT2D eigenvalue weighted by atomic mass is 16.5. The second-order valence-electron chi connectivity index (χ2n) is 6.95. The Balaban J connectivity index is 1.76. The molecule has 2 fully saturated rings. The minimum atomic E-state index is -0.473. The molecular weight excluding hydrogens is 348 g/mol. The van der Waals surface area contributed by atoms with Crippen LogP contribution in [0.2, 0.25) is 0 Å². The van der Waals surface area contributed by atoms with Gasteiger partial charge in [-0.25, -0.2) is 9.69 Å². The van der Waals surface area contributed by atoms with E-state index in [1.54, 1.807) is 31.2 Å². The van der Waals surface area contributed by atoms with Crippen molar-refractivity contribution in [1.29, 1.82) is 0 Å². The zero-order valence-corrected chi connectivity index (χ0v) is 15.6. The Morgan fingerprint density at radius 1 is 1.22 bits per heavy atom. The number of likely N-dealkylation sites (tertiary alicyclic amines) is 1. The topological polar surface area (TPSA) is 87.2 Å². The molecule has 0 saturated carbocycles. The van der Waals surface area contributed by atoms with Crippen LogP contribution in [0.25, 0.3) is 0 Å². The molecule has 0 aliphatic carbocycles. The second kappa shape index (κ2) is 8.63. The van der Waals surface area contributed by atoms with Crippen molar-refractivity contribution in [2.45, 2.75) is 51.1 Å². The predicted molar refractivity (Wildman–Crippen MR) is 99.3 cm³/mol. The van der Waals surface area contributed by atoms with Crippen molar-refractivity contribution < 1.29 is 24.2 Å². The largest absolute Gasteiger partial charge is 0.462 e. The average Bonchev–Trinajstić information content (AvgIpc) is 2.97. The molecule has 0 unspecified atom stereocenters. The summed E-state index contributed by atoms with van der Waals surface area (Å²) < 4.78 is 4.95. The zero-order valence-electron chi connectivity index (χ0n) is 15.6. The predicted octanol–water partition coefficient (Wildman–Crippen LogP) is 1.73. The number of hydrogen-bond acceptors (Lipinski definition) is 6. The van der Waals surface area contributed by atoms with Gasteiger partial charge in [-0.2, -0.15) is 0 Å². The number of anilines is 1. The lowest BCUT2D eigenvalue weighted by molar-refractivity contribution is -0.123. The summed E-state index contributed by atoms with van der Waals surface area (Å²) in [5.41, 5.74) is 0.853. The van der Waals surface area contributed by atoms with Crippen molar-refractivity contribution in [1.82, 2.24) is 4.90 Å². The maximum Gasteiger partial charge on any atom is 0.338 e. The molecule has 0 aromatic heterocycles. The van der Waals surface area contributed by atoms with Crippen molar-refractivity contribution in [2.24, 2.45) is 0 Å². The van der Waals surface area contributed by atoms with Gasteiger partial charge in [0, 0.05) is 12.6 Å². The number of amides is 2. The van der Waals surface area contributed by atoms with Gasteiger partial charge in [0.1, 0.15) is 0 Å². The Kier molecular flexibility index (Phi) is 6.23. The Labute approximate surface area is 158 Å². The number of aliphatic hydroxyl groups is 1. The summed E-state index contributed by atoms with van der Waals surface area (Å²) in [7, 11) is 0.